The Balaban J connectivity index is 1.34. The van der Waals surface area contributed by atoms with Crippen molar-refractivity contribution in [3.8, 4) is 17.0 Å². The third-order valence-corrected chi connectivity index (χ3v) is 7.73. The van der Waals surface area contributed by atoms with Gasteiger partial charge < -0.3 is 20.1 Å². The lowest BCUT2D eigenvalue weighted by Crippen LogP contribution is -2.49. The van der Waals surface area contributed by atoms with Gasteiger partial charge >= 0.3 is 6.09 Å². The van der Waals surface area contributed by atoms with Gasteiger partial charge in [0.05, 0.1) is 18.3 Å². The minimum Gasteiger partial charge on any atom is -0.475 e. The molecule has 2 aromatic carbocycles. The molecular weight excluding hydrogens is 532 g/mol. The topological polar surface area (TPSA) is 120 Å². The average molecular weight is 573 g/mol. The van der Waals surface area contributed by atoms with Crippen molar-refractivity contribution >= 4 is 17.8 Å². The Kier molecular flexibility index (Phi) is 10.6. The molecule has 3 aromatic rings. The van der Waals surface area contributed by atoms with E-state index in [1.807, 2.05) is 87.5 Å². The Labute approximate surface area is 247 Å². The molecule has 1 aliphatic rings. The molecule has 9 heteroatoms. The van der Waals surface area contributed by atoms with E-state index in [-0.39, 0.29) is 18.1 Å². The lowest BCUT2D eigenvalue weighted by atomic mass is 9.70. The number of nitrogens with one attached hydrogen (secondary N) is 2. The van der Waals surface area contributed by atoms with Gasteiger partial charge in [-0.25, -0.2) is 4.79 Å². The quantitative estimate of drug-likeness (QED) is 0.237. The van der Waals surface area contributed by atoms with Gasteiger partial charge in [0.2, 0.25) is 11.7 Å². The molecule has 1 fully saturated rings. The first-order valence-corrected chi connectivity index (χ1v) is 14.7. The Morgan fingerprint density at radius 3 is 2.29 bits per heavy atom. The average Bonchev–Trinajstić information content (AvgIpc) is 2.99. The zero-order chi connectivity index (χ0) is 30.0. The van der Waals surface area contributed by atoms with E-state index in [0.717, 1.165) is 48.1 Å². The summed E-state index contributed by atoms with van der Waals surface area (Å²) in [5, 5.41) is 13.8. The second-order valence-corrected chi connectivity index (χ2v) is 11.1. The molecule has 0 spiro atoms. The zero-order valence-electron chi connectivity index (χ0n) is 24.6. The van der Waals surface area contributed by atoms with Crippen LogP contribution in [-0.2, 0) is 14.3 Å². The van der Waals surface area contributed by atoms with Crippen molar-refractivity contribution in [2.45, 2.75) is 71.4 Å². The molecule has 0 saturated heterocycles. The molecule has 42 heavy (non-hydrogen) atoms. The summed E-state index contributed by atoms with van der Waals surface area (Å²) in [6.45, 7) is 6.13. The van der Waals surface area contributed by atoms with E-state index in [9.17, 15) is 14.4 Å². The van der Waals surface area contributed by atoms with Crippen molar-refractivity contribution in [3.05, 3.63) is 78.0 Å². The number of nitrogens with zero attached hydrogens (tertiary/aromatic N) is 2. The number of ether oxygens (including phenoxy) is 2. The minimum absolute atomic E-state index is 0.130. The third kappa shape index (κ3) is 8.15. The van der Waals surface area contributed by atoms with Crippen molar-refractivity contribution in [3.63, 3.8) is 0 Å². The predicted molar refractivity (Wildman–Crippen MR) is 160 cm³/mol. The van der Waals surface area contributed by atoms with E-state index in [4.69, 9.17) is 9.47 Å². The fraction of sp³-hybridized carbons (Fsp3) is 0.424. The summed E-state index contributed by atoms with van der Waals surface area (Å²) in [4.78, 5) is 38.7. The highest BCUT2D eigenvalue weighted by Gasteiger charge is 2.40. The van der Waals surface area contributed by atoms with Crippen LogP contribution < -0.4 is 15.4 Å². The fourth-order valence-electron chi connectivity index (χ4n) is 4.97. The number of alkyl carbamates (subject to hydrolysis) is 1. The molecular formula is C33H40N4O5. The second-order valence-electron chi connectivity index (χ2n) is 11.1. The highest BCUT2D eigenvalue weighted by molar-refractivity contribution is 6.38. The van der Waals surface area contributed by atoms with Gasteiger partial charge in [-0.05, 0) is 50.3 Å². The van der Waals surface area contributed by atoms with E-state index in [0.29, 0.717) is 25.3 Å². The number of aryl methyl sites for hydroxylation is 1. The highest BCUT2D eigenvalue weighted by atomic mass is 16.6. The number of unbranched alkanes of at least 4 members (excludes halogenated alkanes) is 1. The van der Waals surface area contributed by atoms with E-state index < -0.39 is 23.8 Å². The monoisotopic (exact) mass is 572 g/mol. The molecule has 2 atom stereocenters. The summed E-state index contributed by atoms with van der Waals surface area (Å²) in [5.74, 6) is -0.982. The van der Waals surface area contributed by atoms with Crippen LogP contribution in [0.15, 0.2) is 66.7 Å². The van der Waals surface area contributed by atoms with Crippen LogP contribution in [0.2, 0.25) is 0 Å². The number of rotatable bonds is 14. The number of carbonyl (C=O) groups excluding carboxylic acids is 3. The van der Waals surface area contributed by atoms with Crippen molar-refractivity contribution in [1.29, 1.82) is 0 Å². The number of carbonyl (C=O) groups is 3. The Hall–Kier alpha value is -4.27. The van der Waals surface area contributed by atoms with Crippen molar-refractivity contribution < 1.29 is 23.9 Å². The van der Waals surface area contributed by atoms with Gasteiger partial charge in [-0.1, -0.05) is 86.8 Å². The standard InChI is InChI=1S/C33H40N4O5/c1-4-5-17-28(29(38)30(39)34-24(3)25-13-8-6-9-14-25)35-32(40)42-22-33(18-12-19-33)21-41-31-27(20-23(2)36-37-31)26-15-10-7-11-16-26/h6-11,13-16,20,24,28H,4-5,12,17-19,21-22H2,1-3H3,(H,34,39)(H,35,40)/t24-,28-/m1/s1. The Morgan fingerprint density at radius 1 is 0.952 bits per heavy atom. The summed E-state index contributed by atoms with van der Waals surface area (Å²) >= 11 is 0. The summed E-state index contributed by atoms with van der Waals surface area (Å²) < 4.78 is 11.8. The largest absolute Gasteiger partial charge is 0.475 e. The molecule has 0 radical (unpaired) electrons. The van der Waals surface area contributed by atoms with E-state index >= 15 is 0 Å². The molecule has 1 aliphatic carbocycles. The van der Waals surface area contributed by atoms with Crippen LogP contribution >= 0.6 is 0 Å². The number of aromatic nitrogens is 2. The number of hydrogen-bond acceptors (Lipinski definition) is 7. The molecule has 1 heterocycles. The van der Waals surface area contributed by atoms with Crippen LogP contribution in [0.25, 0.3) is 11.1 Å². The molecule has 0 aliphatic heterocycles. The lowest BCUT2D eigenvalue weighted by Gasteiger charge is -2.40. The Bertz CT molecular complexity index is 1350. The molecule has 222 valence electrons. The molecule has 4 rings (SSSR count). The fourth-order valence-corrected chi connectivity index (χ4v) is 4.97. The van der Waals surface area contributed by atoms with Crippen LogP contribution in [-0.4, -0.2) is 47.2 Å². The van der Waals surface area contributed by atoms with Crippen LogP contribution in [0.5, 0.6) is 5.88 Å². The van der Waals surface area contributed by atoms with Crippen molar-refractivity contribution in [1.82, 2.24) is 20.8 Å². The molecule has 9 nitrogen and oxygen atoms in total. The Morgan fingerprint density at radius 2 is 1.64 bits per heavy atom. The highest BCUT2D eigenvalue weighted by Crippen LogP contribution is 2.42. The number of benzene rings is 2. The molecule has 0 bridgehead atoms. The van der Waals surface area contributed by atoms with Gasteiger partial charge in [-0.2, -0.15) is 5.10 Å². The molecule has 0 unspecified atom stereocenters. The molecule has 2 N–H and O–H groups in total. The van der Waals surface area contributed by atoms with Gasteiger partial charge in [0.15, 0.2) is 0 Å². The van der Waals surface area contributed by atoms with E-state index in [1.165, 1.54) is 0 Å². The number of hydrogen-bond donors (Lipinski definition) is 2. The maximum atomic E-state index is 13.0. The maximum absolute atomic E-state index is 13.0. The molecule has 1 aromatic heterocycles. The smallest absolute Gasteiger partial charge is 0.407 e. The van der Waals surface area contributed by atoms with Gasteiger partial charge in [-0.3, -0.25) is 9.59 Å². The summed E-state index contributed by atoms with van der Waals surface area (Å²) in [6.07, 6.45) is 3.78. The van der Waals surface area contributed by atoms with Crippen LogP contribution in [0.1, 0.15) is 69.7 Å². The first-order valence-electron chi connectivity index (χ1n) is 14.7. The summed E-state index contributed by atoms with van der Waals surface area (Å²) in [5.41, 5.74) is 3.15. The van der Waals surface area contributed by atoms with Gasteiger partial charge in [0.1, 0.15) is 12.6 Å². The van der Waals surface area contributed by atoms with Crippen molar-refractivity contribution in [2.75, 3.05) is 13.2 Å². The van der Waals surface area contributed by atoms with Crippen molar-refractivity contribution in [2.24, 2.45) is 5.41 Å². The maximum Gasteiger partial charge on any atom is 0.407 e. The first-order chi connectivity index (χ1) is 20.3. The van der Waals surface area contributed by atoms with Gasteiger partial charge in [0, 0.05) is 11.0 Å². The predicted octanol–water partition coefficient (Wildman–Crippen LogP) is 5.73. The number of amides is 2. The lowest BCUT2D eigenvalue weighted by molar-refractivity contribution is -0.139. The van der Waals surface area contributed by atoms with Crippen LogP contribution in [0, 0.1) is 12.3 Å². The SMILES string of the molecule is CCCC[C@@H](NC(=O)OCC1(COc2nnc(C)cc2-c2ccccc2)CCC1)C(=O)C(=O)N[C@H](C)c1ccccc1. The molecule has 2 amide bonds. The van der Waals surface area contributed by atoms with E-state index in [1.54, 1.807) is 0 Å². The van der Waals surface area contributed by atoms with Gasteiger partial charge in [-0.15, -0.1) is 5.10 Å². The summed E-state index contributed by atoms with van der Waals surface area (Å²) in [6, 6.07) is 19.9. The zero-order valence-corrected chi connectivity index (χ0v) is 24.6. The number of ketones is 1. The third-order valence-electron chi connectivity index (χ3n) is 7.73. The molecule has 1 saturated carbocycles. The van der Waals surface area contributed by atoms with Crippen LogP contribution in [0.4, 0.5) is 4.79 Å². The van der Waals surface area contributed by atoms with E-state index in [2.05, 4.69) is 20.8 Å². The minimum atomic E-state index is -0.967. The summed E-state index contributed by atoms with van der Waals surface area (Å²) in [7, 11) is 0. The van der Waals surface area contributed by atoms with Crippen LogP contribution in [0.3, 0.4) is 0 Å². The van der Waals surface area contributed by atoms with Gasteiger partial charge in [0.25, 0.3) is 5.91 Å². The normalized spacial score (nSPS) is 15.0. The first kappa shape index (κ1) is 30.7. The number of Topliss-reactive ketones (excluding diaryl/α,β-unsaturated/α-hetero) is 1. The second kappa shape index (κ2) is 14.6.